The second kappa shape index (κ2) is 14.8. The fourth-order valence-corrected chi connectivity index (χ4v) is 4.87. The topological polar surface area (TPSA) is 0 Å². The zero-order valence-corrected chi connectivity index (χ0v) is 29.3. The Bertz CT molecular complexity index is 1430. The van der Waals surface area contributed by atoms with E-state index in [0.29, 0.717) is 0 Å². The van der Waals surface area contributed by atoms with Crippen LogP contribution >= 0.6 is 0 Å². The van der Waals surface area contributed by atoms with Gasteiger partial charge in [0.2, 0.25) is 0 Å². The van der Waals surface area contributed by atoms with Gasteiger partial charge in [0.05, 0.1) is 0 Å². The molecule has 0 atom stereocenters. The van der Waals surface area contributed by atoms with Gasteiger partial charge in [-0.2, -0.15) is 6.08 Å². The minimum Gasteiger partial charge on any atom is -0.273 e. The van der Waals surface area contributed by atoms with Crippen LogP contribution in [-0.2, 0) is 49.5 Å². The van der Waals surface area contributed by atoms with Crippen molar-refractivity contribution in [2.75, 3.05) is 0 Å². The van der Waals surface area contributed by atoms with E-state index in [0.717, 1.165) is 19.3 Å². The molecule has 5 aromatic rings. The van der Waals surface area contributed by atoms with Crippen LogP contribution in [0.15, 0.2) is 121 Å². The van der Waals surface area contributed by atoms with Gasteiger partial charge in [0.1, 0.15) is 0 Å². The van der Waals surface area contributed by atoms with Crippen molar-refractivity contribution in [3.05, 3.63) is 150 Å². The van der Waals surface area contributed by atoms with Gasteiger partial charge in [-0.05, 0) is 34.8 Å². The van der Waals surface area contributed by atoms with Crippen molar-refractivity contribution in [2.24, 2.45) is 0 Å². The number of rotatable bonds is 3. The quantitative estimate of drug-likeness (QED) is 0.130. The summed E-state index contributed by atoms with van der Waals surface area (Å²) in [7, 11) is 0. The molecule has 0 amide bonds. The minimum absolute atomic E-state index is 0. The second-order valence-corrected chi connectivity index (χ2v) is 12.7. The van der Waals surface area contributed by atoms with Crippen molar-refractivity contribution >= 4 is 21.5 Å². The summed E-state index contributed by atoms with van der Waals surface area (Å²) < 4.78 is 0. The van der Waals surface area contributed by atoms with Crippen molar-refractivity contribution < 1.29 is 25.8 Å². The average Bonchev–Trinajstić information content (AvgIpc) is 3.64. The van der Waals surface area contributed by atoms with E-state index in [1.54, 1.807) is 0 Å². The molecule has 1 aliphatic rings. The Labute approximate surface area is 267 Å². The number of aryl methyl sites for hydroxylation is 2. The van der Waals surface area contributed by atoms with Gasteiger partial charge in [-0.25, -0.2) is 12.2 Å². The normalized spacial score (nSPS) is 12.3. The summed E-state index contributed by atoms with van der Waals surface area (Å²) in [6.07, 6.45) is 12.3. The van der Waals surface area contributed by atoms with Gasteiger partial charge >= 0.3 is 0 Å². The summed E-state index contributed by atoms with van der Waals surface area (Å²) in [6, 6.07) is 37.4. The standard InChI is InChI=1S/C21H25.C14H14.C5H5.Hf/c1-20(2,3)16-7-9-18-14(12-16)11-15-13-17(21(4,5)6)8-10-19(15)18;1-3-7-13(8-4-1)11-12-14-9-5-2-6-10-14;1-2-4-5-3-1;/h7-13H,1-6H3;1-10H,11-12H2;1-3H,4H2;/q-1;;-1;. The van der Waals surface area contributed by atoms with Crippen molar-refractivity contribution in [1.29, 1.82) is 0 Å². The monoisotopic (exact) mass is 704 g/mol. The van der Waals surface area contributed by atoms with Gasteiger partial charge < -0.3 is 0 Å². The summed E-state index contributed by atoms with van der Waals surface area (Å²) in [6.45, 7) is 13.6. The first-order chi connectivity index (χ1) is 19.1. The third kappa shape index (κ3) is 9.57. The molecule has 5 aromatic carbocycles. The van der Waals surface area contributed by atoms with Crippen LogP contribution < -0.4 is 0 Å². The molecule has 0 nitrogen and oxygen atoms in total. The van der Waals surface area contributed by atoms with E-state index < -0.39 is 0 Å². The molecule has 0 fully saturated rings. The number of fused-ring (bicyclic) bond motifs is 3. The largest absolute Gasteiger partial charge is 0.273 e. The molecule has 0 saturated heterocycles. The van der Waals surface area contributed by atoms with Crippen LogP contribution in [0.2, 0.25) is 0 Å². The third-order valence-corrected chi connectivity index (χ3v) is 7.41. The Morgan fingerprint density at radius 2 is 1.05 bits per heavy atom. The summed E-state index contributed by atoms with van der Waals surface area (Å²) in [5.74, 6) is 0. The van der Waals surface area contributed by atoms with Crippen molar-refractivity contribution in [1.82, 2.24) is 0 Å². The maximum Gasteiger partial charge on any atom is 0 e. The molecule has 1 aliphatic carbocycles. The maximum atomic E-state index is 2.99. The predicted molar refractivity (Wildman–Crippen MR) is 176 cm³/mol. The molecular weight excluding hydrogens is 659 g/mol. The molecule has 0 saturated carbocycles. The Balaban J connectivity index is 0.000000198. The van der Waals surface area contributed by atoms with E-state index in [4.69, 9.17) is 0 Å². The second-order valence-electron chi connectivity index (χ2n) is 12.7. The number of allylic oxidation sites excluding steroid dienone is 4. The Kier molecular flexibility index (Phi) is 11.8. The summed E-state index contributed by atoms with van der Waals surface area (Å²) in [5.41, 5.74) is 6.04. The van der Waals surface area contributed by atoms with E-state index in [9.17, 15) is 0 Å². The molecule has 1 heteroatoms. The van der Waals surface area contributed by atoms with Gasteiger partial charge in [-0.1, -0.05) is 138 Å². The van der Waals surface area contributed by atoms with Gasteiger partial charge in [0, 0.05) is 25.8 Å². The molecular formula is C40H44Hf-2. The molecule has 0 heterocycles. The first-order valence-electron chi connectivity index (χ1n) is 14.5. The Hall–Kier alpha value is -2.90. The van der Waals surface area contributed by atoms with E-state index in [-0.39, 0.29) is 36.7 Å². The zero-order valence-electron chi connectivity index (χ0n) is 25.7. The van der Waals surface area contributed by atoms with Crippen molar-refractivity contribution in [2.45, 2.75) is 71.6 Å². The van der Waals surface area contributed by atoms with Gasteiger partial charge in [0.15, 0.2) is 0 Å². The van der Waals surface area contributed by atoms with Gasteiger partial charge in [-0.15, -0.1) is 46.2 Å². The molecule has 0 N–H and O–H groups in total. The Morgan fingerprint density at radius 3 is 1.37 bits per heavy atom. The van der Waals surface area contributed by atoms with E-state index in [2.05, 4.69) is 157 Å². The summed E-state index contributed by atoms with van der Waals surface area (Å²) in [5, 5.41) is 5.48. The number of hydrogen-bond acceptors (Lipinski definition) is 0. The molecule has 0 bridgehead atoms. The minimum atomic E-state index is 0. The fourth-order valence-electron chi connectivity index (χ4n) is 4.87. The van der Waals surface area contributed by atoms with Crippen molar-refractivity contribution in [3.8, 4) is 0 Å². The van der Waals surface area contributed by atoms with Crippen LogP contribution in [0.1, 0.15) is 70.2 Å². The Morgan fingerprint density at radius 1 is 0.610 bits per heavy atom. The SMILES string of the molecule is CC(C)(C)c1ccc2c(c1)[cH-]c1cc(C(C)(C)C)ccc12.[C-]1=CC=CC1.[Hf].c1ccc(CCc2ccccc2)cc1. The van der Waals surface area contributed by atoms with Gasteiger partial charge in [0.25, 0.3) is 0 Å². The molecule has 6 rings (SSSR count). The molecule has 0 aliphatic heterocycles. The van der Waals surface area contributed by atoms with Crippen LogP contribution in [-0.4, -0.2) is 0 Å². The smallest absolute Gasteiger partial charge is 0 e. The molecule has 0 spiro atoms. The van der Waals surface area contributed by atoms with Crippen LogP contribution in [0.5, 0.6) is 0 Å². The van der Waals surface area contributed by atoms with Crippen LogP contribution in [0.4, 0.5) is 0 Å². The summed E-state index contributed by atoms with van der Waals surface area (Å²) in [4.78, 5) is 0. The number of benzene rings is 4. The van der Waals surface area contributed by atoms with E-state index >= 15 is 0 Å². The first-order valence-corrected chi connectivity index (χ1v) is 14.5. The molecule has 0 aromatic heterocycles. The average molecular weight is 703 g/mol. The van der Waals surface area contributed by atoms with Crippen molar-refractivity contribution in [3.63, 3.8) is 0 Å². The molecule has 0 unspecified atom stereocenters. The van der Waals surface area contributed by atoms with E-state index in [1.807, 2.05) is 12.2 Å². The fraction of sp³-hybridized carbons (Fsp3) is 0.275. The van der Waals surface area contributed by atoms with Crippen LogP contribution in [0.3, 0.4) is 0 Å². The molecule has 41 heavy (non-hydrogen) atoms. The zero-order chi connectivity index (χ0) is 28.6. The molecule has 210 valence electrons. The molecule has 0 radical (unpaired) electrons. The first kappa shape index (κ1) is 32.6. The maximum absolute atomic E-state index is 2.99. The predicted octanol–water partition coefficient (Wildman–Crippen LogP) is 11.1. The van der Waals surface area contributed by atoms with Crippen LogP contribution in [0, 0.1) is 6.08 Å². The van der Waals surface area contributed by atoms with Gasteiger partial charge in [-0.3, -0.25) is 6.08 Å². The third-order valence-electron chi connectivity index (χ3n) is 7.41. The number of hydrogen-bond donors (Lipinski definition) is 0. The summed E-state index contributed by atoms with van der Waals surface area (Å²) >= 11 is 0. The van der Waals surface area contributed by atoms with E-state index in [1.165, 1.54) is 43.8 Å². The van der Waals surface area contributed by atoms with Crippen LogP contribution in [0.25, 0.3) is 21.5 Å².